The third-order valence-electron chi connectivity index (χ3n) is 2.71. The van der Waals surface area contributed by atoms with Crippen molar-refractivity contribution in [2.24, 2.45) is 5.73 Å². The lowest BCUT2D eigenvalue weighted by molar-refractivity contribution is 0.298. The van der Waals surface area contributed by atoms with Gasteiger partial charge in [0.25, 0.3) is 0 Å². The lowest BCUT2D eigenvalue weighted by atomic mass is 10.2. The fourth-order valence-corrected chi connectivity index (χ4v) is 2.07. The zero-order valence-corrected chi connectivity index (χ0v) is 11.9. The van der Waals surface area contributed by atoms with Crippen molar-refractivity contribution in [1.82, 2.24) is 4.57 Å². The summed E-state index contributed by atoms with van der Waals surface area (Å²) in [5.74, 6) is 0.879. The van der Waals surface area contributed by atoms with E-state index in [-0.39, 0.29) is 6.04 Å². The second-order valence-electron chi connectivity index (χ2n) is 4.28. The minimum atomic E-state index is 0.0808. The van der Waals surface area contributed by atoms with Gasteiger partial charge in [0, 0.05) is 22.9 Å². The molecular weight excluding hydrogens is 292 g/mol. The molecule has 96 valence electrons. The van der Waals surface area contributed by atoms with Gasteiger partial charge in [-0.25, -0.2) is 0 Å². The lowest BCUT2D eigenvalue weighted by Crippen LogP contribution is -2.07. The van der Waals surface area contributed by atoms with Gasteiger partial charge < -0.3 is 15.0 Å². The molecule has 0 radical (unpaired) electrons. The van der Waals surface area contributed by atoms with Gasteiger partial charge in [-0.1, -0.05) is 22.0 Å². The van der Waals surface area contributed by atoms with Crippen molar-refractivity contribution in [3.8, 4) is 5.75 Å². The van der Waals surface area contributed by atoms with Crippen LogP contribution in [0.2, 0.25) is 0 Å². The van der Waals surface area contributed by atoms with Crippen LogP contribution in [0.3, 0.4) is 0 Å². The van der Waals surface area contributed by atoms with E-state index in [1.54, 1.807) is 0 Å². The molecule has 1 aromatic heterocycles. The molecule has 0 aliphatic carbocycles. The van der Waals surface area contributed by atoms with Gasteiger partial charge in [-0.2, -0.15) is 0 Å². The number of rotatable bonds is 5. The van der Waals surface area contributed by atoms with Gasteiger partial charge in [0.1, 0.15) is 12.4 Å². The fraction of sp³-hybridized carbons (Fsp3) is 0.286. The van der Waals surface area contributed by atoms with E-state index in [1.165, 1.54) is 0 Å². The summed E-state index contributed by atoms with van der Waals surface area (Å²) < 4.78 is 8.80. The molecule has 1 aromatic carbocycles. The Labute approximate surface area is 116 Å². The first-order valence-corrected chi connectivity index (χ1v) is 6.74. The molecule has 0 spiro atoms. The lowest BCUT2D eigenvalue weighted by Gasteiger charge is -2.07. The third kappa shape index (κ3) is 3.62. The van der Waals surface area contributed by atoms with Gasteiger partial charge in [-0.05, 0) is 36.8 Å². The molecule has 0 aliphatic rings. The molecule has 0 aliphatic heterocycles. The van der Waals surface area contributed by atoms with Crippen LogP contribution in [-0.4, -0.2) is 11.2 Å². The van der Waals surface area contributed by atoms with Crippen LogP contribution in [0.5, 0.6) is 5.75 Å². The Morgan fingerprint density at radius 2 is 2.22 bits per heavy atom. The zero-order valence-electron chi connectivity index (χ0n) is 10.3. The monoisotopic (exact) mass is 308 g/mol. The second-order valence-corrected chi connectivity index (χ2v) is 5.19. The summed E-state index contributed by atoms with van der Waals surface area (Å²) >= 11 is 3.42. The molecule has 18 heavy (non-hydrogen) atoms. The molecule has 4 heteroatoms. The maximum Gasteiger partial charge on any atom is 0.120 e. The first kappa shape index (κ1) is 13.2. The summed E-state index contributed by atoms with van der Waals surface area (Å²) in [4.78, 5) is 0. The van der Waals surface area contributed by atoms with E-state index in [1.807, 2.05) is 43.5 Å². The summed E-state index contributed by atoms with van der Waals surface area (Å²) in [6.07, 6.45) is 4.10. The first-order valence-electron chi connectivity index (χ1n) is 5.95. The third-order valence-corrected chi connectivity index (χ3v) is 3.21. The van der Waals surface area contributed by atoms with Gasteiger partial charge in [0.05, 0.1) is 6.54 Å². The minimum Gasteiger partial charge on any atom is -0.492 e. The van der Waals surface area contributed by atoms with Gasteiger partial charge in [0.2, 0.25) is 0 Å². The van der Waals surface area contributed by atoms with E-state index >= 15 is 0 Å². The molecular formula is C14H17BrN2O. The molecule has 0 fully saturated rings. The summed E-state index contributed by atoms with van der Waals surface area (Å²) in [5, 5.41) is 0. The smallest absolute Gasteiger partial charge is 0.120 e. The highest BCUT2D eigenvalue weighted by Crippen LogP contribution is 2.17. The van der Waals surface area contributed by atoms with Crippen LogP contribution in [0.25, 0.3) is 0 Å². The Bertz CT molecular complexity index is 508. The van der Waals surface area contributed by atoms with Crippen LogP contribution in [0.1, 0.15) is 18.5 Å². The molecule has 0 amide bonds. The number of nitrogens with two attached hydrogens (primary N) is 1. The number of aromatic nitrogens is 1. The molecule has 0 saturated carbocycles. The van der Waals surface area contributed by atoms with Crippen molar-refractivity contribution in [2.75, 3.05) is 6.61 Å². The predicted molar refractivity (Wildman–Crippen MR) is 76.7 cm³/mol. The van der Waals surface area contributed by atoms with Crippen molar-refractivity contribution in [1.29, 1.82) is 0 Å². The summed E-state index contributed by atoms with van der Waals surface area (Å²) in [5.41, 5.74) is 6.96. The molecule has 1 heterocycles. The van der Waals surface area contributed by atoms with Gasteiger partial charge >= 0.3 is 0 Å². The summed E-state index contributed by atoms with van der Waals surface area (Å²) in [6, 6.07) is 9.98. The molecule has 0 bridgehead atoms. The van der Waals surface area contributed by atoms with E-state index < -0.39 is 0 Å². The normalized spacial score (nSPS) is 12.4. The number of halogens is 1. The Kier molecular flexibility index (Phi) is 4.44. The molecule has 2 aromatic rings. The molecule has 2 N–H and O–H groups in total. The van der Waals surface area contributed by atoms with E-state index in [0.29, 0.717) is 6.61 Å². The largest absolute Gasteiger partial charge is 0.492 e. The van der Waals surface area contributed by atoms with E-state index in [2.05, 4.69) is 26.7 Å². The maximum atomic E-state index is 5.81. The number of hydrogen-bond donors (Lipinski definition) is 1. The number of nitrogens with zero attached hydrogens (tertiary/aromatic N) is 1. The van der Waals surface area contributed by atoms with Gasteiger partial charge in [-0.15, -0.1) is 0 Å². The van der Waals surface area contributed by atoms with Crippen molar-refractivity contribution in [3.63, 3.8) is 0 Å². The first-order chi connectivity index (χ1) is 8.65. The highest BCUT2D eigenvalue weighted by molar-refractivity contribution is 9.10. The SMILES string of the molecule is CC(N)c1ccn(CCOc2cccc(Br)c2)c1. The van der Waals surface area contributed by atoms with Crippen molar-refractivity contribution in [2.45, 2.75) is 19.5 Å². The summed E-state index contributed by atoms with van der Waals surface area (Å²) in [7, 11) is 0. The van der Waals surface area contributed by atoms with Crippen LogP contribution in [0.15, 0.2) is 47.2 Å². The molecule has 1 unspecified atom stereocenters. The Morgan fingerprint density at radius 1 is 1.39 bits per heavy atom. The van der Waals surface area contributed by atoms with E-state index in [4.69, 9.17) is 10.5 Å². The Morgan fingerprint density at radius 3 is 2.89 bits per heavy atom. The highest BCUT2D eigenvalue weighted by atomic mass is 79.9. The average Bonchev–Trinajstić information content (AvgIpc) is 2.78. The zero-order chi connectivity index (χ0) is 13.0. The number of benzene rings is 1. The molecule has 2 rings (SSSR count). The quantitative estimate of drug-likeness (QED) is 0.920. The van der Waals surface area contributed by atoms with Gasteiger partial charge in [0.15, 0.2) is 0 Å². The van der Waals surface area contributed by atoms with Crippen LogP contribution in [0, 0.1) is 0 Å². The maximum absolute atomic E-state index is 5.81. The average molecular weight is 309 g/mol. The van der Waals surface area contributed by atoms with Crippen molar-refractivity contribution >= 4 is 15.9 Å². The number of hydrogen-bond acceptors (Lipinski definition) is 2. The molecule has 0 saturated heterocycles. The Hall–Kier alpha value is -1.26. The topological polar surface area (TPSA) is 40.2 Å². The van der Waals surface area contributed by atoms with Crippen LogP contribution >= 0.6 is 15.9 Å². The number of ether oxygens (including phenoxy) is 1. The van der Waals surface area contributed by atoms with E-state index in [9.17, 15) is 0 Å². The van der Waals surface area contributed by atoms with Gasteiger partial charge in [-0.3, -0.25) is 0 Å². The van der Waals surface area contributed by atoms with Crippen molar-refractivity contribution < 1.29 is 4.74 Å². The molecule has 3 nitrogen and oxygen atoms in total. The standard InChI is InChI=1S/C14H17BrN2O/c1-11(16)12-5-6-17(10-12)7-8-18-14-4-2-3-13(15)9-14/h2-6,9-11H,7-8,16H2,1H3. The summed E-state index contributed by atoms with van der Waals surface area (Å²) in [6.45, 7) is 3.44. The van der Waals surface area contributed by atoms with Crippen LogP contribution < -0.4 is 10.5 Å². The van der Waals surface area contributed by atoms with E-state index in [0.717, 1.165) is 22.3 Å². The second kappa shape index (κ2) is 6.07. The predicted octanol–water partition coefficient (Wildman–Crippen LogP) is 3.35. The van der Waals surface area contributed by atoms with Crippen LogP contribution in [-0.2, 0) is 6.54 Å². The van der Waals surface area contributed by atoms with Crippen molar-refractivity contribution in [3.05, 3.63) is 52.8 Å². The fourth-order valence-electron chi connectivity index (χ4n) is 1.69. The minimum absolute atomic E-state index is 0.0808. The highest BCUT2D eigenvalue weighted by Gasteiger charge is 2.01. The van der Waals surface area contributed by atoms with Crippen LogP contribution in [0.4, 0.5) is 0 Å². The molecule has 1 atom stereocenters. The Balaban J connectivity index is 1.84.